The van der Waals surface area contributed by atoms with Crippen LogP contribution >= 0.6 is 22.9 Å². The lowest BCUT2D eigenvalue weighted by molar-refractivity contribution is -0.142. The molecule has 0 amide bonds. The van der Waals surface area contributed by atoms with Gasteiger partial charge in [0.15, 0.2) is 0 Å². The molecule has 88 valence electrons. The highest BCUT2D eigenvalue weighted by Gasteiger charge is 2.34. The summed E-state index contributed by atoms with van der Waals surface area (Å²) < 4.78 is 0. The molecule has 2 rings (SSSR count). The maximum atomic E-state index is 11.0. The van der Waals surface area contributed by atoms with E-state index in [2.05, 4.69) is 4.90 Å². The first-order valence-electron chi connectivity index (χ1n) is 5.24. The number of halogens is 1. The van der Waals surface area contributed by atoms with Crippen molar-refractivity contribution < 1.29 is 9.90 Å². The summed E-state index contributed by atoms with van der Waals surface area (Å²) in [4.78, 5) is 14.4. The van der Waals surface area contributed by atoms with Crippen LogP contribution in [0.3, 0.4) is 0 Å². The summed E-state index contributed by atoms with van der Waals surface area (Å²) in [7, 11) is 0. The van der Waals surface area contributed by atoms with Gasteiger partial charge in [-0.25, -0.2) is 0 Å². The lowest BCUT2D eigenvalue weighted by Crippen LogP contribution is -2.22. The van der Waals surface area contributed by atoms with E-state index in [4.69, 9.17) is 16.7 Å². The van der Waals surface area contributed by atoms with Gasteiger partial charge in [-0.15, -0.1) is 11.3 Å². The van der Waals surface area contributed by atoms with E-state index in [1.807, 2.05) is 18.4 Å². The van der Waals surface area contributed by atoms with Crippen LogP contribution in [-0.2, 0) is 11.3 Å². The molecular weight excluding hydrogens is 246 g/mol. The molecule has 2 atom stereocenters. The minimum absolute atomic E-state index is 0.226. The molecule has 0 spiro atoms. The Bertz CT molecular complexity index is 393. The van der Waals surface area contributed by atoms with Crippen molar-refractivity contribution >= 4 is 28.9 Å². The molecule has 0 radical (unpaired) electrons. The van der Waals surface area contributed by atoms with Gasteiger partial charge in [-0.05, 0) is 12.0 Å². The number of aliphatic carboxylic acids is 1. The van der Waals surface area contributed by atoms with Crippen LogP contribution in [0.4, 0.5) is 0 Å². The number of rotatable bonds is 3. The Balaban J connectivity index is 1.96. The van der Waals surface area contributed by atoms with E-state index >= 15 is 0 Å². The van der Waals surface area contributed by atoms with Crippen LogP contribution in [0, 0.1) is 11.8 Å². The quantitative estimate of drug-likeness (QED) is 0.907. The molecular formula is C11H14ClNO2S. The summed E-state index contributed by atoms with van der Waals surface area (Å²) in [5, 5.41) is 11.7. The predicted molar refractivity (Wildman–Crippen MR) is 64.9 cm³/mol. The first kappa shape index (κ1) is 11.9. The SMILES string of the molecule is CC1CN(Cc2cc(Cl)cs2)CC1C(=O)O. The number of thiophene rings is 1. The van der Waals surface area contributed by atoms with Gasteiger partial charge in [0.05, 0.1) is 10.9 Å². The van der Waals surface area contributed by atoms with Gasteiger partial charge in [0, 0.05) is 29.9 Å². The molecule has 0 saturated carbocycles. The number of hydrogen-bond acceptors (Lipinski definition) is 3. The van der Waals surface area contributed by atoms with Crippen molar-refractivity contribution in [2.45, 2.75) is 13.5 Å². The van der Waals surface area contributed by atoms with Gasteiger partial charge in [0.1, 0.15) is 0 Å². The second-order valence-corrected chi connectivity index (χ2v) is 5.78. The molecule has 2 unspecified atom stereocenters. The number of likely N-dealkylation sites (tertiary alicyclic amines) is 1. The third kappa shape index (κ3) is 2.56. The molecule has 16 heavy (non-hydrogen) atoms. The Hall–Kier alpha value is -0.580. The van der Waals surface area contributed by atoms with Gasteiger partial charge < -0.3 is 5.11 Å². The predicted octanol–water partition coefficient (Wildman–Crippen LogP) is 2.55. The molecule has 0 aromatic carbocycles. The average Bonchev–Trinajstić information content (AvgIpc) is 2.73. The number of carboxylic acids is 1. The monoisotopic (exact) mass is 259 g/mol. The molecule has 0 bridgehead atoms. The minimum Gasteiger partial charge on any atom is -0.481 e. The smallest absolute Gasteiger partial charge is 0.308 e. The standard InChI is InChI=1S/C11H14ClNO2S/c1-7-3-13(5-10(7)11(14)15)4-9-2-8(12)6-16-9/h2,6-7,10H,3-5H2,1H3,(H,14,15). The highest BCUT2D eigenvalue weighted by atomic mass is 35.5. The summed E-state index contributed by atoms with van der Waals surface area (Å²) in [5.74, 6) is -0.678. The van der Waals surface area contributed by atoms with Crippen LogP contribution in [0.5, 0.6) is 0 Å². The van der Waals surface area contributed by atoms with Crippen LogP contribution in [0.1, 0.15) is 11.8 Å². The Kier molecular flexibility index (Phi) is 3.52. The second kappa shape index (κ2) is 4.73. The molecule has 1 saturated heterocycles. The zero-order valence-corrected chi connectivity index (χ0v) is 10.6. The van der Waals surface area contributed by atoms with E-state index in [1.54, 1.807) is 11.3 Å². The molecule has 2 heterocycles. The van der Waals surface area contributed by atoms with Gasteiger partial charge in [-0.2, -0.15) is 0 Å². The van der Waals surface area contributed by atoms with Crippen molar-refractivity contribution in [3.63, 3.8) is 0 Å². The summed E-state index contributed by atoms with van der Waals surface area (Å²) >= 11 is 7.48. The van der Waals surface area contributed by atoms with Crippen molar-refractivity contribution in [3.05, 3.63) is 21.3 Å². The Labute approximate surface area is 104 Å². The fourth-order valence-electron chi connectivity index (χ4n) is 2.17. The highest BCUT2D eigenvalue weighted by Crippen LogP contribution is 2.27. The van der Waals surface area contributed by atoms with Gasteiger partial charge in [-0.3, -0.25) is 9.69 Å². The molecule has 3 nitrogen and oxygen atoms in total. The first-order chi connectivity index (χ1) is 7.56. The number of hydrogen-bond donors (Lipinski definition) is 1. The Morgan fingerprint density at radius 2 is 2.44 bits per heavy atom. The molecule has 1 aromatic rings. The third-order valence-electron chi connectivity index (χ3n) is 3.01. The fourth-order valence-corrected chi connectivity index (χ4v) is 3.29. The first-order valence-corrected chi connectivity index (χ1v) is 6.50. The molecule has 1 N–H and O–H groups in total. The highest BCUT2D eigenvalue weighted by molar-refractivity contribution is 7.10. The van der Waals surface area contributed by atoms with Gasteiger partial charge in [0.2, 0.25) is 0 Å². The lowest BCUT2D eigenvalue weighted by atomic mass is 9.99. The maximum absolute atomic E-state index is 11.0. The molecule has 1 fully saturated rings. The lowest BCUT2D eigenvalue weighted by Gasteiger charge is -2.13. The number of carboxylic acid groups (broad SMARTS) is 1. The van der Waals surface area contributed by atoms with E-state index in [1.165, 1.54) is 4.88 Å². The van der Waals surface area contributed by atoms with Gasteiger partial charge in [-0.1, -0.05) is 18.5 Å². The van der Waals surface area contributed by atoms with Crippen molar-refractivity contribution in [2.75, 3.05) is 13.1 Å². The van der Waals surface area contributed by atoms with Crippen LogP contribution in [0.2, 0.25) is 5.02 Å². The number of nitrogens with zero attached hydrogens (tertiary/aromatic N) is 1. The van der Waals surface area contributed by atoms with Crippen LogP contribution in [0.15, 0.2) is 11.4 Å². The summed E-state index contributed by atoms with van der Waals surface area (Å²) in [5.41, 5.74) is 0. The van der Waals surface area contributed by atoms with Crippen molar-refractivity contribution in [2.24, 2.45) is 11.8 Å². The Morgan fingerprint density at radius 3 is 2.94 bits per heavy atom. The molecule has 1 aliphatic rings. The minimum atomic E-state index is -0.681. The number of carbonyl (C=O) groups is 1. The Morgan fingerprint density at radius 1 is 1.69 bits per heavy atom. The normalized spacial score (nSPS) is 26.1. The maximum Gasteiger partial charge on any atom is 0.308 e. The molecule has 1 aliphatic heterocycles. The van der Waals surface area contributed by atoms with E-state index in [0.717, 1.165) is 18.1 Å². The van der Waals surface area contributed by atoms with E-state index < -0.39 is 5.97 Å². The van der Waals surface area contributed by atoms with Crippen molar-refractivity contribution in [1.29, 1.82) is 0 Å². The fraction of sp³-hybridized carbons (Fsp3) is 0.545. The van der Waals surface area contributed by atoms with Crippen molar-refractivity contribution in [1.82, 2.24) is 4.90 Å². The summed E-state index contributed by atoms with van der Waals surface area (Å²) in [6.07, 6.45) is 0. The third-order valence-corrected chi connectivity index (χ3v) is 4.28. The van der Waals surface area contributed by atoms with E-state index in [-0.39, 0.29) is 11.8 Å². The van der Waals surface area contributed by atoms with Crippen LogP contribution in [0.25, 0.3) is 0 Å². The molecule has 5 heteroatoms. The zero-order chi connectivity index (χ0) is 11.7. The molecule has 1 aromatic heterocycles. The van der Waals surface area contributed by atoms with Gasteiger partial charge in [0.25, 0.3) is 0 Å². The van der Waals surface area contributed by atoms with Crippen LogP contribution < -0.4 is 0 Å². The largest absolute Gasteiger partial charge is 0.481 e. The van der Waals surface area contributed by atoms with E-state index in [0.29, 0.717) is 6.54 Å². The van der Waals surface area contributed by atoms with Gasteiger partial charge >= 0.3 is 5.97 Å². The zero-order valence-electron chi connectivity index (χ0n) is 9.02. The summed E-state index contributed by atoms with van der Waals surface area (Å²) in [6, 6.07) is 1.95. The van der Waals surface area contributed by atoms with E-state index in [9.17, 15) is 4.79 Å². The van der Waals surface area contributed by atoms with Crippen molar-refractivity contribution in [3.8, 4) is 0 Å². The molecule has 0 aliphatic carbocycles. The average molecular weight is 260 g/mol. The topological polar surface area (TPSA) is 40.5 Å². The summed E-state index contributed by atoms with van der Waals surface area (Å²) in [6.45, 7) is 4.31. The van der Waals surface area contributed by atoms with Crippen LogP contribution in [-0.4, -0.2) is 29.1 Å². The second-order valence-electron chi connectivity index (χ2n) is 4.35.